The molecule has 2 aromatic rings. The van der Waals surface area contributed by atoms with Crippen molar-refractivity contribution in [2.45, 2.75) is 6.92 Å². The summed E-state index contributed by atoms with van der Waals surface area (Å²) < 4.78 is 9.53. The van der Waals surface area contributed by atoms with Crippen LogP contribution in [0.1, 0.15) is 6.92 Å². The van der Waals surface area contributed by atoms with Crippen molar-refractivity contribution in [1.82, 2.24) is 9.36 Å². The third-order valence-electron chi connectivity index (χ3n) is 1.84. The van der Waals surface area contributed by atoms with Crippen LogP contribution < -0.4 is 10.5 Å². The molecule has 0 saturated carbocycles. The third kappa shape index (κ3) is 2.24. The number of hydrogen-bond donors (Lipinski definition) is 1. The van der Waals surface area contributed by atoms with Crippen LogP contribution in [0.4, 0.5) is 5.13 Å². The Bertz CT molecular complexity index is 455. The number of nitrogens with two attached hydrogens (primary N) is 1. The van der Waals surface area contributed by atoms with Crippen LogP contribution in [0, 0.1) is 0 Å². The van der Waals surface area contributed by atoms with Crippen LogP contribution >= 0.6 is 11.5 Å². The maximum absolute atomic E-state index is 5.53. The number of nitrogens with zero attached hydrogens (tertiary/aromatic N) is 2. The Kier molecular flexibility index (Phi) is 2.82. The highest BCUT2D eigenvalue weighted by molar-refractivity contribution is 7.09. The van der Waals surface area contributed by atoms with E-state index in [2.05, 4.69) is 9.36 Å². The van der Waals surface area contributed by atoms with Gasteiger partial charge in [-0.3, -0.25) is 0 Å². The first-order valence-corrected chi connectivity index (χ1v) is 5.39. The lowest BCUT2D eigenvalue weighted by molar-refractivity contribution is 0.340. The third-order valence-corrected chi connectivity index (χ3v) is 2.39. The minimum Gasteiger partial charge on any atom is -0.494 e. The second-order valence-corrected chi connectivity index (χ2v) is 3.70. The van der Waals surface area contributed by atoms with Crippen molar-refractivity contribution >= 4 is 16.7 Å². The Morgan fingerprint density at radius 2 is 2.33 bits per heavy atom. The van der Waals surface area contributed by atoms with Crippen molar-refractivity contribution in [2.24, 2.45) is 0 Å². The molecule has 78 valence electrons. The van der Waals surface area contributed by atoms with E-state index in [1.807, 2.05) is 31.2 Å². The van der Waals surface area contributed by atoms with E-state index in [1.54, 1.807) is 0 Å². The lowest BCUT2D eigenvalue weighted by Gasteiger charge is -2.03. The van der Waals surface area contributed by atoms with Crippen LogP contribution in [0.25, 0.3) is 11.4 Å². The smallest absolute Gasteiger partial charge is 0.200 e. The van der Waals surface area contributed by atoms with Crippen LogP contribution in [-0.4, -0.2) is 16.0 Å². The largest absolute Gasteiger partial charge is 0.494 e. The van der Waals surface area contributed by atoms with Gasteiger partial charge >= 0.3 is 0 Å². The fourth-order valence-corrected chi connectivity index (χ4v) is 1.70. The fraction of sp³-hybridized carbons (Fsp3) is 0.200. The molecule has 15 heavy (non-hydrogen) atoms. The number of benzene rings is 1. The van der Waals surface area contributed by atoms with Crippen LogP contribution in [0.5, 0.6) is 5.75 Å². The Hall–Kier alpha value is -1.62. The molecule has 0 saturated heterocycles. The van der Waals surface area contributed by atoms with Gasteiger partial charge in [0.15, 0.2) is 11.0 Å². The van der Waals surface area contributed by atoms with Gasteiger partial charge in [0.2, 0.25) is 0 Å². The molecule has 1 heterocycles. The average molecular weight is 221 g/mol. The van der Waals surface area contributed by atoms with Gasteiger partial charge in [-0.05, 0) is 19.1 Å². The monoisotopic (exact) mass is 221 g/mol. The average Bonchev–Trinajstić information content (AvgIpc) is 2.66. The second kappa shape index (κ2) is 4.27. The molecule has 0 aliphatic rings. The molecule has 0 spiro atoms. The van der Waals surface area contributed by atoms with Crippen LogP contribution in [0.2, 0.25) is 0 Å². The first-order chi connectivity index (χ1) is 7.29. The van der Waals surface area contributed by atoms with Crippen molar-refractivity contribution in [3.8, 4) is 17.1 Å². The summed E-state index contributed by atoms with van der Waals surface area (Å²) in [5, 5.41) is 0.479. The van der Waals surface area contributed by atoms with Gasteiger partial charge in [-0.2, -0.15) is 9.36 Å². The molecular weight excluding hydrogens is 210 g/mol. The quantitative estimate of drug-likeness (QED) is 0.863. The van der Waals surface area contributed by atoms with Crippen LogP contribution in [0.3, 0.4) is 0 Å². The van der Waals surface area contributed by atoms with E-state index in [0.717, 1.165) is 11.3 Å². The van der Waals surface area contributed by atoms with Gasteiger partial charge in [-0.1, -0.05) is 12.1 Å². The molecule has 1 aromatic heterocycles. The molecule has 0 fully saturated rings. The Labute approximate surface area is 91.9 Å². The summed E-state index contributed by atoms with van der Waals surface area (Å²) in [7, 11) is 0. The number of ether oxygens (including phenoxy) is 1. The standard InChI is InChI=1S/C10H11N3OS/c1-2-14-8-5-3-4-7(6-8)9-12-10(11)15-13-9/h3-6H,2H2,1H3,(H2,11,12,13). The van der Waals surface area contributed by atoms with E-state index in [-0.39, 0.29) is 0 Å². The Morgan fingerprint density at radius 1 is 1.47 bits per heavy atom. The molecule has 5 heteroatoms. The highest BCUT2D eigenvalue weighted by Crippen LogP contribution is 2.23. The Balaban J connectivity index is 2.32. The zero-order valence-corrected chi connectivity index (χ0v) is 9.12. The van der Waals surface area contributed by atoms with Crippen LogP contribution in [0.15, 0.2) is 24.3 Å². The summed E-state index contributed by atoms with van der Waals surface area (Å²) in [6, 6.07) is 7.66. The zero-order chi connectivity index (χ0) is 10.7. The number of anilines is 1. The van der Waals surface area contributed by atoms with Gasteiger partial charge in [-0.15, -0.1) is 0 Å². The molecule has 1 aromatic carbocycles. The summed E-state index contributed by atoms with van der Waals surface area (Å²) in [6.45, 7) is 2.60. The molecule has 0 amide bonds. The zero-order valence-electron chi connectivity index (χ0n) is 8.30. The summed E-state index contributed by atoms with van der Waals surface area (Å²) in [6.07, 6.45) is 0. The van der Waals surface area contributed by atoms with Crippen LogP contribution in [-0.2, 0) is 0 Å². The summed E-state index contributed by atoms with van der Waals surface area (Å²) in [5.74, 6) is 1.47. The summed E-state index contributed by atoms with van der Waals surface area (Å²) >= 11 is 1.19. The predicted molar refractivity (Wildman–Crippen MR) is 60.9 cm³/mol. The first-order valence-electron chi connectivity index (χ1n) is 4.62. The molecule has 2 N–H and O–H groups in total. The molecular formula is C10H11N3OS. The molecule has 0 bridgehead atoms. The highest BCUT2D eigenvalue weighted by Gasteiger charge is 2.05. The normalized spacial score (nSPS) is 10.2. The van der Waals surface area contributed by atoms with E-state index in [1.165, 1.54) is 11.5 Å². The number of nitrogen functional groups attached to an aromatic ring is 1. The minimum absolute atomic E-state index is 0.479. The van der Waals surface area contributed by atoms with Crippen molar-refractivity contribution in [2.75, 3.05) is 12.3 Å². The molecule has 0 aliphatic carbocycles. The van der Waals surface area contributed by atoms with Gasteiger partial charge in [0.1, 0.15) is 5.75 Å². The number of hydrogen-bond acceptors (Lipinski definition) is 5. The van der Waals surface area contributed by atoms with Crippen molar-refractivity contribution in [3.05, 3.63) is 24.3 Å². The highest BCUT2D eigenvalue weighted by atomic mass is 32.1. The van der Waals surface area contributed by atoms with Gasteiger partial charge in [-0.25, -0.2) is 0 Å². The molecule has 4 nitrogen and oxygen atoms in total. The molecule has 0 atom stereocenters. The van der Waals surface area contributed by atoms with Gasteiger partial charge in [0.25, 0.3) is 0 Å². The lowest BCUT2D eigenvalue weighted by Crippen LogP contribution is -1.91. The summed E-state index contributed by atoms with van der Waals surface area (Å²) in [4.78, 5) is 4.11. The minimum atomic E-state index is 0.479. The maximum atomic E-state index is 5.53. The van der Waals surface area contributed by atoms with E-state index in [4.69, 9.17) is 10.5 Å². The maximum Gasteiger partial charge on any atom is 0.200 e. The van der Waals surface area contributed by atoms with Gasteiger partial charge in [0, 0.05) is 17.1 Å². The topological polar surface area (TPSA) is 61.0 Å². The second-order valence-electron chi connectivity index (χ2n) is 2.92. The SMILES string of the molecule is CCOc1cccc(-c2nsc(N)n2)c1. The molecule has 0 radical (unpaired) electrons. The fourth-order valence-electron chi connectivity index (χ4n) is 1.24. The van der Waals surface area contributed by atoms with E-state index >= 15 is 0 Å². The van der Waals surface area contributed by atoms with E-state index in [0.29, 0.717) is 17.6 Å². The first kappa shape index (κ1) is 9.92. The predicted octanol–water partition coefficient (Wildman–Crippen LogP) is 2.19. The molecule has 0 unspecified atom stereocenters. The number of aromatic nitrogens is 2. The Morgan fingerprint density at radius 3 is 3.00 bits per heavy atom. The molecule has 0 aliphatic heterocycles. The van der Waals surface area contributed by atoms with Crippen molar-refractivity contribution in [1.29, 1.82) is 0 Å². The van der Waals surface area contributed by atoms with E-state index < -0.39 is 0 Å². The van der Waals surface area contributed by atoms with Crippen molar-refractivity contribution < 1.29 is 4.74 Å². The molecule has 2 rings (SSSR count). The summed E-state index contributed by atoms with van der Waals surface area (Å²) in [5.41, 5.74) is 6.45. The lowest BCUT2D eigenvalue weighted by atomic mass is 10.2. The van der Waals surface area contributed by atoms with Gasteiger partial charge in [0.05, 0.1) is 6.61 Å². The van der Waals surface area contributed by atoms with E-state index in [9.17, 15) is 0 Å². The number of rotatable bonds is 3. The van der Waals surface area contributed by atoms with Crippen molar-refractivity contribution in [3.63, 3.8) is 0 Å². The van der Waals surface area contributed by atoms with Gasteiger partial charge < -0.3 is 10.5 Å².